The molecule has 0 spiro atoms. The van der Waals surface area contributed by atoms with Crippen LogP contribution >= 0.6 is 11.8 Å². The smallest absolute Gasteiger partial charge is 0.247 e. The SMILES string of the molecule is C=CCSc1nnc2c(n1)O[C@@H](c1c(OCCC)ccc3ccccc13)Nc1ccccc1-2. The molecule has 1 N–H and O–H groups in total. The predicted octanol–water partition coefficient (Wildman–Crippen LogP) is 6.26. The number of fused-ring (bicyclic) bond motifs is 4. The summed E-state index contributed by atoms with van der Waals surface area (Å²) in [5.74, 6) is 1.92. The lowest BCUT2D eigenvalue weighted by atomic mass is 10.0. The summed E-state index contributed by atoms with van der Waals surface area (Å²) in [6.07, 6.45) is 2.20. The fraction of sp³-hybridized carbons (Fsp3) is 0.192. The number of para-hydroxylation sites is 1. The van der Waals surface area contributed by atoms with E-state index in [0.717, 1.165) is 39.8 Å². The minimum Gasteiger partial charge on any atom is -0.493 e. The quantitative estimate of drug-likeness (QED) is 0.260. The number of nitrogens with one attached hydrogen (secondary N) is 1. The van der Waals surface area contributed by atoms with Crippen molar-refractivity contribution in [3.05, 3.63) is 78.9 Å². The summed E-state index contributed by atoms with van der Waals surface area (Å²) in [6, 6.07) is 20.3. The summed E-state index contributed by atoms with van der Waals surface area (Å²) in [5, 5.41) is 15.1. The summed E-state index contributed by atoms with van der Waals surface area (Å²) >= 11 is 1.47. The summed E-state index contributed by atoms with van der Waals surface area (Å²) in [6.45, 7) is 6.49. The van der Waals surface area contributed by atoms with Crippen LogP contribution in [-0.4, -0.2) is 27.5 Å². The van der Waals surface area contributed by atoms with E-state index in [4.69, 9.17) is 14.5 Å². The standard InChI is InChI=1S/C26H24N4O2S/c1-3-15-31-21-14-13-17-9-5-6-10-18(17)22(21)24-27-20-12-8-7-11-19(20)23-25(32-24)28-26(30-29-23)33-16-4-2/h4-14,24,27H,2-3,15-16H2,1H3/t24-/m0/s1. The van der Waals surface area contributed by atoms with E-state index in [2.05, 4.69) is 47.2 Å². The van der Waals surface area contributed by atoms with Crippen LogP contribution in [0.25, 0.3) is 22.0 Å². The van der Waals surface area contributed by atoms with Gasteiger partial charge in [0, 0.05) is 17.0 Å². The van der Waals surface area contributed by atoms with Crippen molar-refractivity contribution in [1.82, 2.24) is 15.2 Å². The van der Waals surface area contributed by atoms with Crippen LogP contribution in [0.5, 0.6) is 11.6 Å². The predicted molar refractivity (Wildman–Crippen MR) is 133 cm³/mol. The Bertz CT molecular complexity index is 1310. The summed E-state index contributed by atoms with van der Waals surface area (Å²) < 4.78 is 12.7. The zero-order chi connectivity index (χ0) is 22.6. The van der Waals surface area contributed by atoms with Gasteiger partial charge in [-0.05, 0) is 29.3 Å². The molecule has 33 heavy (non-hydrogen) atoms. The number of benzene rings is 3. The molecule has 166 valence electrons. The molecule has 0 saturated heterocycles. The van der Waals surface area contributed by atoms with Crippen molar-refractivity contribution in [3.8, 4) is 22.9 Å². The maximum atomic E-state index is 6.53. The Labute approximate surface area is 197 Å². The normalized spacial score (nSPS) is 14.4. The van der Waals surface area contributed by atoms with E-state index in [9.17, 15) is 0 Å². The Kier molecular flexibility index (Phi) is 6.13. The molecule has 4 aromatic rings. The van der Waals surface area contributed by atoms with Gasteiger partial charge in [0.05, 0.1) is 12.2 Å². The van der Waals surface area contributed by atoms with Crippen molar-refractivity contribution in [3.63, 3.8) is 0 Å². The molecule has 0 radical (unpaired) electrons. The Morgan fingerprint density at radius 2 is 1.94 bits per heavy atom. The second-order valence-corrected chi connectivity index (χ2v) is 8.57. The minimum absolute atomic E-state index is 0.438. The molecule has 5 rings (SSSR count). The second kappa shape index (κ2) is 9.50. The van der Waals surface area contributed by atoms with E-state index in [1.54, 1.807) is 0 Å². The van der Waals surface area contributed by atoms with Gasteiger partial charge in [0.1, 0.15) is 5.75 Å². The van der Waals surface area contributed by atoms with Crippen LogP contribution in [-0.2, 0) is 0 Å². The molecule has 1 aliphatic heterocycles. The fourth-order valence-electron chi connectivity index (χ4n) is 3.86. The summed E-state index contributed by atoms with van der Waals surface area (Å²) in [7, 11) is 0. The number of aromatic nitrogens is 3. The number of ether oxygens (including phenoxy) is 2. The number of hydrogen-bond donors (Lipinski definition) is 1. The van der Waals surface area contributed by atoms with Gasteiger partial charge in [-0.25, -0.2) is 0 Å². The average molecular weight is 457 g/mol. The van der Waals surface area contributed by atoms with Crippen LogP contribution < -0.4 is 14.8 Å². The van der Waals surface area contributed by atoms with E-state index < -0.39 is 6.23 Å². The first-order chi connectivity index (χ1) is 16.3. The fourth-order valence-corrected chi connectivity index (χ4v) is 4.37. The molecule has 0 aliphatic carbocycles. The second-order valence-electron chi connectivity index (χ2n) is 7.58. The maximum Gasteiger partial charge on any atom is 0.247 e. The molecular weight excluding hydrogens is 432 g/mol. The Morgan fingerprint density at radius 3 is 2.82 bits per heavy atom. The van der Waals surface area contributed by atoms with Gasteiger partial charge in [-0.2, -0.15) is 4.98 Å². The van der Waals surface area contributed by atoms with Gasteiger partial charge in [0.25, 0.3) is 0 Å². The lowest BCUT2D eigenvalue weighted by molar-refractivity contribution is 0.217. The number of thioether (sulfide) groups is 1. The first kappa shape index (κ1) is 21.3. The third-order valence-corrected chi connectivity index (χ3v) is 6.15. The highest BCUT2D eigenvalue weighted by molar-refractivity contribution is 7.99. The van der Waals surface area contributed by atoms with Crippen molar-refractivity contribution < 1.29 is 9.47 Å². The minimum atomic E-state index is -0.528. The molecule has 0 fully saturated rings. The molecule has 0 saturated carbocycles. The molecule has 1 atom stereocenters. The van der Waals surface area contributed by atoms with Crippen molar-refractivity contribution >= 4 is 28.2 Å². The molecule has 2 heterocycles. The molecule has 1 aromatic heterocycles. The van der Waals surface area contributed by atoms with Crippen molar-refractivity contribution in [1.29, 1.82) is 0 Å². The van der Waals surface area contributed by atoms with Gasteiger partial charge in [-0.3, -0.25) is 0 Å². The molecule has 7 heteroatoms. The van der Waals surface area contributed by atoms with Gasteiger partial charge in [0.2, 0.25) is 17.3 Å². The van der Waals surface area contributed by atoms with Crippen LogP contribution in [0.2, 0.25) is 0 Å². The van der Waals surface area contributed by atoms with E-state index in [-0.39, 0.29) is 0 Å². The van der Waals surface area contributed by atoms with Crippen LogP contribution in [0.1, 0.15) is 25.1 Å². The molecule has 1 aliphatic rings. The first-order valence-electron chi connectivity index (χ1n) is 10.9. The molecule has 3 aromatic carbocycles. The number of nitrogens with zero attached hydrogens (tertiary/aromatic N) is 3. The lowest BCUT2D eigenvalue weighted by Gasteiger charge is -2.23. The van der Waals surface area contributed by atoms with E-state index in [1.165, 1.54) is 11.8 Å². The van der Waals surface area contributed by atoms with Gasteiger partial charge < -0.3 is 14.8 Å². The molecule has 0 unspecified atom stereocenters. The van der Waals surface area contributed by atoms with Crippen molar-refractivity contribution in [2.75, 3.05) is 17.7 Å². The zero-order valence-electron chi connectivity index (χ0n) is 18.3. The Morgan fingerprint density at radius 1 is 1.09 bits per heavy atom. The lowest BCUT2D eigenvalue weighted by Crippen LogP contribution is -2.19. The summed E-state index contributed by atoms with van der Waals surface area (Å²) in [5.41, 5.74) is 3.34. The summed E-state index contributed by atoms with van der Waals surface area (Å²) in [4.78, 5) is 4.70. The van der Waals surface area contributed by atoms with Gasteiger partial charge in [-0.1, -0.05) is 73.3 Å². The topological polar surface area (TPSA) is 69.2 Å². The molecule has 0 amide bonds. The third kappa shape index (κ3) is 4.24. The maximum absolute atomic E-state index is 6.53. The van der Waals surface area contributed by atoms with E-state index >= 15 is 0 Å². The Hall–Kier alpha value is -3.58. The molecule has 6 nitrogen and oxygen atoms in total. The zero-order valence-corrected chi connectivity index (χ0v) is 19.1. The molecule has 0 bridgehead atoms. The molecular formula is C26H24N4O2S. The number of rotatable bonds is 7. The third-order valence-electron chi connectivity index (χ3n) is 5.32. The van der Waals surface area contributed by atoms with E-state index in [1.807, 2.05) is 48.5 Å². The highest BCUT2D eigenvalue weighted by Gasteiger charge is 2.29. The largest absolute Gasteiger partial charge is 0.493 e. The average Bonchev–Trinajstić information content (AvgIpc) is 3.02. The van der Waals surface area contributed by atoms with Crippen LogP contribution in [0.4, 0.5) is 5.69 Å². The van der Waals surface area contributed by atoms with Crippen molar-refractivity contribution in [2.45, 2.75) is 24.7 Å². The van der Waals surface area contributed by atoms with Crippen LogP contribution in [0.15, 0.2) is 78.5 Å². The first-order valence-corrected chi connectivity index (χ1v) is 11.9. The number of hydrogen-bond acceptors (Lipinski definition) is 7. The van der Waals surface area contributed by atoms with Gasteiger partial charge in [-0.15, -0.1) is 16.8 Å². The highest BCUT2D eigenvalue weighted by atomic mass is 32.2. The number of anilines is 1. The van der Waals surface area contributed by atoms with Crippen LogP contribution in [0, 0.1) is 0 Å². The van der Waals surface area contributed by atoms with Gasteiger partial charge >= 0.3 is 0 Å². The van der Waals surface area contributed by atoms with Crippen molar-refractivity contribution in [2.24, 2.45) is 0 Å². The van der Waals surface area contributed by atoms with Gasteiger partial charge in [0.15, 0.2) is 5.69 Å². The van der Waals surface area contributed by atoms with E-state index in [0.29, 0.717) is 29.1 Å². The highest BCUT2D eigenvalue weighted by Crippen LogP contribution is 2.43. The monoisotopic (exact) mass is 456 g/mol. The Balaban J connectivity index is 1.67. The van der Waals surface area contributed by atoms with Crippen LogP contribution in [0.3, 0.4) is 0 Å².